The summed E-state index contributed by atoms with van der Waals surface area (Å²) in [6.07, 6.45) is 0.543. The molecule has 0 radical (unpaired) electrons. The zero-order chi connectivity index (χ0) is 14.7. The molecule has 1 unspecified atom stereocenters. The molecule has 2 aromatic rings. The van der Waals surface area contributed by atoms with Gasteiger partial charge in [0, 0.05) is 0 Å². The zero-order valence-electron chi connectivity index (χ0n) is 12.9. The van der Waals surface area contributed by atoms with Crippen LogP contribution in [0.25, 0.3) is 0 Å². The van der Waals surface area contributed by atoms with Crippen molar-refractivity contribution in [1.29, 1.82) is 0 Å². The third kappa shape index (κ3) is 3.71. The lowest BCUT2D eigenvalue weighted by Gasteiger charge is -2.14. The molecule has 2 rings (SSSR count). The summed E-state index contributed by atoms with van der Waals surface area (Å²) in [7, 11) is 0. The lowest BCUT2D eigenvalue weighted by molar-refractivity contribution is 0.220. The molecule has 0 fully saturated rings. The predicted octanol–water partition coefficient (Wildman–Crippen LogP) is 4.58. The zero-order valence-corrected chi connectivity index (χ0v) is 12.9. The smallest absolute Gasteiger partial charge is 0.104 e. The van der Waals surface area contributed by atoms with E-state index in [0.717, 1.165) is 17.5 Å². The van der Waals surface area contributed by atoms with E-state index in [4.69, 9.17) is 0 Å². The highest BCUT2D eigenvalue weighted by Gasteiger charge is 2.11. The topological polar surface area (TPSA) is 20.2 Å². The van der Waals surface area contributed by atoms with Crippen molar-refractivity contribution in [2.24, 2.45) is 5.92 Å². The third-order valence-corrected chi connectivity index (χ3v) is 3.50. The van der Waals surface area contributed by atoms with Gasteiger partial charge in [-0.2, -0.15) is 0 Å². The molecule has 1 heteroatoms. The number of aliphatic hydroxyl groups excluding tert-OH is 1. The standard InChI is InChI=1S/C19H24O/c1-13(2)9-16-5-7-17(8-6-16)19(20)18-11-14(3)10-15(4)12-18/h5-8,10-13,19-20H,9H2,1-4H3. The Morgan fingerprint density at radius 3 is 1.90 bits per heavy atom. The molecule has 0 amide bonds. The summed E-state index contributed by atoms with van der Waals surface area (Å²) in [4.78, 5) is 0. The summed E-state index contributed by atoms with van der Waals surface area (Å²) < 4.78 is 0. The van der Waals surface area contributed by atoms with Crippen LogP contribution >= 0.6 is 0 Å². The van der Waals surface area contributed by atoms with E-state index >= 15 is 0 Å². The lowest BCUT2D eigenvalue weighted by atomic mass is 9.96. The maximum Gasteiger partial charge on any atom is 0.104 e. The van der Waals surface area contributed by atoms with E-state index in [1.807, 2.05) is 12.1 Å². The van der Waals surface area contributed by atoms with E-state index in [1.165, 1.54) is 16.7 Å². The van der Waals surface area contributed by atoms with Gasteiger partial charge < -0.3 is 5.11 Å². The van der Waals surface area contributed by atoms with E-state index in [1.54, 1.807) is 0 Å². The van der Waals surface area contributed by atoms with Gasteiger partial charge in [-0.15, -0.1) is 0 Å². The summed E-state index contributed by atoms with van der Waals surface area (Å²) >= 11 is 0. The summed E-state index contributed by atoms with van der Waals surface area (Å²) in [5.41, 5.74) is 5.64. The highest BCUT2D eigenvalue weighted by atomic mass is 16.3. The SMILES string of the molecule is Cc1cc(C)cc(C(O)c2ccc(CC(C)C)cc2)c1. The van der Waals surface area contributed by atoms with Gasteiger partial charge in [0.2, 0.25) is 0 Å². The predicted molar refractivity (Wildman–Crippen MR) is 85.0 cm³/mol. The van der Waals surface area contributed by atoms with Crippen LogP contribution < -0.4 is 0 Å². The molecule has 1 nitrogen and oxygen atoms in total. The molecular weight excluding hydrogens is 244 g/mol. The van der Waals surface area contributed by atoms with E-state index in [0.29, 0.717) is 5.92 Å². The number of rotatable bonds is 4. The average Bonchev–Trinajstić information content (AvgIpc) is 2.37. The van der Waals surface area contributed by atoms with Crippen molar-refractivity contribution in [2.75, 3.05) is 0 Å². The molecule has 106 valence electrons. The fourth-order valence-electron chi connectivity index (χ4n) is 2.67. The summed E-state index contributed by atoms with van der Waals surface area (Å²) in [6.45, 7) is 8.57. The van der Waals surface area contributed by atoms with Gasteiger partial charge in [0.1, 0.15) is 6.10 Å². The Morgan fingerprint density at radius 2 is 1.40 bits per heavy atom. The minimum Gasteiger partial charge on any atom is -0.384 e. The quantitative estimate of drug-likeness (QED) is 0.860. The van der Waals surface area contributed by atoms with Crippen LogP contribution in [0.3, 0.4) is 0 Å². The fraction of sp³-hybridized carbons (Fsp3) is 0.368. The number of aliphatic hydroxyl groups is 1. The lowest BCUT2D eigenvalue weighted by Crippen LogP contribution is -2.01. The van der Waals surface area contributed by atoms with Gasteiger partial charge in [0.15, 0.2) is 0 Å². The molecule has 0 aliphatic rings. The minimum atomic E-state index is -0.540. The van der Waals surface area contributed by atoms with Crippen molar-refractivity contribution >= 4 is 0 Å². The highest BCUT2D eigenvalue weighted by molar-refractivity contribution is 5.36. The Morgan fingerprint density at radius 1 is 0.850 bits per heavy atom. The first-order valence-electron chi connectivity index (χ1n) is 7.31. The highest BCUT2D eigenvalue weighted by Crippen LogP contribution is 2.24. The van der Waals surface area contributed by atoms with Gasteiger partial charge in [0.25, 0.3) is 0 Å². The second kappa shape index (κ2) is 6.23. The van der Waals surface area contributed by atoms with Gasteiger partial charge in [-0.25, -0.2) is 0 Å². The van der Waals surface area contributed by atoms with Gasteiger partial charge in [-0.3, -0.25) is 0 Å². The maximum atomic E-state index is 10.5. The first-order chi connectivity index (χ1) is 9.45. The molecule has 0 aliphatic carbocycles. The fourth-order valence-corrected chi connectivity index (χ4v) is 2.67. The molecule has 0 saturated carbocycles. The summed E-state index contributed by atoms with van der Waals surface area (Å²) in [6, 6.07) is 14.6. The van der Waals surface area contributed by atoms with E-state index < -0.39 is 6.10 Å². The van der Waals surface area contributed by atoms with Crippen LogP contribution in [0, 0.1) is 19.8 Å². The van der Waals surface area contributed by atoms with Crippen LogP contribution in [-0.2, 0) is 6.42 Å². The second-order valence-corrected chi connectivity index (χ2v) is 6.16. The van der Waals surface area contributed by atoms with Crippen LogP contribution in [0.1, 0.15) is 47.8 Å². The van der Waals surface area contributed by atoms with Crippen LogP contribution in [0.2, 0.25) is 0 Å². The maximum absolute atomic E-state index is 10.5. The Labute approximate surface area is 122 Å². The first kappa shape index (κ1) is 14.8. The Balaban J connectivity index is 2.22. The molecule has 0 bridgehead atoms. The van der Waals surface area contributed by atoms with Gasteiger partial charge >= 0.3 is 0 Å². The van der Waals surface area contributed by atoms with Crippen LogP contribution in [0.5, 0.6) is 0 Å². The summed E-state index contributed by atoms with van der Waals surface area (Å²) in [5.74, 6) is 0.658. The normalized spacial score (nSPS) is 12.7. The van der Waals surface area contributed by atoms with Gasteiger partial charge in [-0.1, -0.05) is 67.4 Å². The average molecular weight is 268 g/mol. The molecule has 1 N–H and O–H groups in total. The van der Waals surface area contributed by atoms with Gasteiger partial charge in [0.05, 0.1) is 0 Å². The monoisotopic (exact) mass is 268 g/mol. The Bertz CT molecular complexity index is 547. The number of aryl methyl sites for hydroxylation is 2. The van der Waals surface area contributed by atoms with Crippen molar-refractivity contribution in [2.45, 2.75) is 40.2 Å². The van der Waals surface area contributed by atoms with Crippen molar-refractivity contribution in [3.05, 3.63) is 70.3 Å². The molecular formula is C19H24O. The summed E-state index contributed by atoms with van der Waals surface area (Å²) in [5, 5.41) is 10.5. The first-order valence-corrected chi connectivity index (χ1v) is 7.31. The Hall–Kier alpha value is -1.60. The molecule has 20 heavy (non-hydrogen) atoms. The van der Waals surface area contributed by atoms with Crippen LogP contribution in [0.15, 0.2) is 42.5 Å². The largest absolute Gasteiger partial charge is 0.384 e. The molecule has 0 saturated heterocycles. The van der Waals surface area contributed by atoms with Crippen molar-refractivity contribution < 1.29 is 5.11 Å². The minimum absolute atomic E-state index is 0.540. The molecule has 0 heterocycles. The molecule has 0 aliphatic heterocycles. The Kier molecular flexibility index (Phi) is 4.61. The van der Waals surface area contributed by atoms with E-state index in [9.17, 15) is 5.11 Å². The van der Waals surface area contributed by atoms with E-state index in [2.05, 4.69) is 58.0 Å². The molecule has 0 aromatic heterocycles. The number of benzene rings is 2. The van der Waals surface area contributed by atoms with Crippen molar-refractivity contribution in [3.63, 3.8) is 0 Å². The van der Waals surface area contributed by atoms with Crippen molar-refractivity contribution in [3.8, 4) is 0 Å². The van der Waals surface area contributed by atoms with Crippen LogP contribution in [-0.4, -0.2) is 5.11 Å². The van der Waals surface area contributed by atoms with Crippen LogP contribution in [0.4, 0.5) is 0 Å². The van der Waals surface area contributed by atoms with Gasteiger partial charge in [-0.05, 0) is 42.9 Å². The molecule has 2 aromatic carbocycles. The third-order valence-electron chi connectivity index (χ3n) is 3.50. The molecule has 0 spiro atoms. The van der Waals surface area contributed by atoms with E-state index in [-0.39, 0.29) is 0 Å². The van der Waals surface area contributed by atoms with Crippen molar-refractivity contribution in [1.82, 2.24) is 0 Å². The second-order valence-electron chi connectivity index (χ2n) is 6.16. The number of hydrogen-bond donors (Lipinski definition) is 1. The number of hydrogen-bond acceptors (Lipinski definition) is 1. The molecule has 1 atom stereocenters.